The minimum atomic E-state index is -1.05. The summed E-state index contributed by atoms with van der Waals surface area (Å²) in [6.45, 7) is 1.56. The number of anilines is 1. The summed E-state index contributed by atoms with van der Waals surface area (Å²) in [6.07, 6.45) is 3.67. The van der Waals surface area contributed by atoms with Crippen molar-refractivity contribution in [1.29, 1.82) is 0 Å². The van der Waals surface area contributed by atoms with Gasteiger partial charge in [0.1, 0.15) is 0 Å². The van der Waals surface area contributed by atoms with E-state index in [4.69, 9.17) is 0 Å². The molecule has 0 saturated carbocycles. The summed E-state index contributed by atoms with van der Waals surface area (Å²) in [5.74, 6) is 0.507. The van der Waals surface area contributed by atoms with Crippen molar-refractivity contribution in [2.24, 2.45) is 5.92 Å². The van der Waals surface area contributed by atoms with Crippen LogP contribution in [-0.4, -0.2) is 34.5 Å². The van der Waals surface area contributed by atoms with E-state index in [9.17, 15) is 9.00 Å². The van der Waals surface area contributed by atoms with Gasteiger partial charge in [0.25, 0.3) is 0 Å². The average molecular weight is 342 g/mol. The van der Waals surface area contributed by atoms with Crippen LogP contribution >= 0.6 is 0 Å². The Bertz CT molecular complexity index is 733. The first-order valence-electron chi connectivity index (χ1n) is 8.15. The fourth-order valence-corrected chi connectivity index (χ4v) is 3.65. The van der Waals surface area contributed by atoms with Gasteiger partial charge < -0.3 is 10.2 Å². The van der Waals surface area contributed by atoms with Crippen molar-refractivity contribution in [3.8, 4) is 0 Å². The van der Waals surface area contributed by atoms with E-state index in [1.165, 1.54) is 5.56 Å². The van der Waals surface area contributed by atoms with Crippen LogP contribution in [0, 0.1) is 5.92 Å². The van der Waals surface area contributed by atoms with Crippen molar-refractivity contribution >= 4 is 22.5 Å². The van der Waals surface area contributed by atoms with Gasteiger partial charge in [-0.25, -0.2) is 4.79 Å². The van der Waals surface area contributed by atoms with Crippen LogP contribution in [0.2, 0.25) is 0 Å². The molecule has 2 unspecified atom stereocenters. The molecule has 24 heavy (non-hydrogen) atoms. The van der Waals surface area contributed by atoms with E-state index in [0.29, 0.717) is 11.6 Å². The van der Waals surface area contributed by atoms with E-state index in [1.54, 1.807) is 18.4 Å². The Morgan fingerprint density at radius 1 is 1.21 bits per heavy atom. The third kappa shape index (κ3) is 4.23. The molecule has 2 atom stereocenters. The van der Waals surface area contributed by atoms with Crippen LogP contribution in [0.3, 0.4) is 0 Å². The van der Waals surface area contributed by atoms with Gasteiger partial charge in [-0.05, 0) is 42.5 Å². The number of hydrogen-bond acceptors (Lipinski definition) is 2. The molecule has 1 heterocycles. The highest BCUT2D eigenvalue weighted by molar-refractivity contribution is 7.84. The lowest BCUT2D eigenvalue weighted by Crippen LogP contribution is -2.33. The van der Waals surface area contributed by atoms with Crippen molar-refractivity contribution < 1.29 is 9.00 Å². The normalized spacial score (nSPS) is 18.4. The first-order valence-corrected chi connectivity index (χ1v) is 9.71. The zero-order valence-electron chi connectivity index (χ0n) is 13.8. The number of benzene rings is 2. The van der Waals surface area contributed by atoms with Crippen LogP contribution in [0.15, 0.2) is 59.5 Å². The molecule has 1 N–H and O–H groups in total. The zero-order chi connectivity index (χ0) is 16.9. The fraction of sp³-hybridized carbons (Fsp3) is 0.316. The molecule has 1 aliphatic rings. The second kappa shape index (κ2) is 7.62. The molecular formula is C19H22N2O2S. The number of hydrogen-bond donors (Lipinski definition) is 1. The summed E-state index contributed by atoms with van der Waals surface area (Å²) in [4.78, 5) is 15.0. The Hall–Kier alpha value is -2.14. The molecule has 0 bridgehead atoms. The van der Waals surface area contributed by atoms with Crippen molar-refractivity contribution in [2.75, 3.05) is 24.7 Å². The first-order chi connectivity index (χ1) is 11.6. The van der Waals surface area contributed by atoms with Crippen LogP contribution in [-0.2, 0) is 17.2 Å². The second-order valence-electron chi connectivity index (χ2n) is 6.20. The van der Waals surface area contributed by atoms with Gasteiger partial charge in [-0.1, -0.05) is 36.4 Å². The monoisotopic (exact) mass is 342 g/mol. The molecule has 1 fully saturated rings. The number of likely N-dealkylation sites (tertiary alicyclic amines) is 1. The predicted octanol–water partition coefficient (Wildman–Crippen LogP) is 3.52. The van der Waals surface area contributed by atoms with Gasteiger partial charge in [0, 0.05) is 40.7 Å². The molecule has 0 radical (unpaired) electrons. The molecule has 126 valence electrons. The SMILES string of the molecule is CS(=O)c1cccc(NC(=O)N2CCC(Cc3ccccc3)C2)c1. The molecule has 5 heteroatoms. The number of urea groups is 1. The van der Waals surface area contributed by atoms with Gasteiger partial charge >= 0.3 is 6.03 Å². The van der Waals surface area contributed by atoms with Gasteiger partial charge in [-0.2, -0.15) is 0 Å². The Balaban J connectivity index is 1.56. The quantitative estimate of drug-likeness (QED) is 0.924. The number of carbonyl (C=O) groups is 1. The summed E-state index contributed by atoms with van der Waals surface area (Å²) in [5, 5.41) is 2.92. The maximum Gasteiger partial charge on any atom is 0.321 e. The van der Waals surface area contributed by atoms with Crippen molar-refractivity contribution in [1.82, 2.24) is 4.90 Å². The molecule has 2 aromatic rings. The number of nitrogens with zero attached hydrogens (tertiary/aromatic N) is 1. The van der Waals surface area contributed by atoms with Crippen molar-refractivity contribution in [3.05, 3.63) is 60.2 Å². The van der Waals surface area contributed by atoms with Crippen LogP contribution in [0.4, 0.5) is 10.5 Å². The minimum Gasteiger partial charge on any atom is -0.324 e. The van der Waals surface area contributed by atoms with E-state index >= 15 is 0 Å². The van der Waals surface area contributed by atoms with Gasteiger partial charge in [-0.3, -0.25) is 4.21 Å². The summed E-state index contributed by atoms with van der Waals surface area (Å²) in [7, 11) is -1.05. The van der Waals surface area contributed by atoms with Crippen LogP contribution < -0.4 is 5.32 Å². The first kappa shape index (κ1) is 16.7. The smallest absolute Gasteiger partial charge is 0.321 e. The summed E-state index contributed by atoms with van der Waals surface area (Å²) in [5.41, 5.74) is 2.02. The molecule has 4 nitrogen and oxygen atoms in total. The lowest BCUT2D eigenvalue weighted by molar-refractivity contribution is 0.221. The van der Waals surface area contributed by atoms with E-state index in [0.717, 1.165) is 30.8 Å². The Labute approximate surface area is 145 Å². The summed E-state index contributed by atoms with van der Waals surface area (Å²) >= 11 is 0. The molecule has 3 rings (SSSR count). The highest BCUT2D eigenvalue weighted by atomic mass is 32.2. The highest BCUT2D eigenvalue weighted by Crippen LogP contribution is 2.22. The van der Waals surface area contributed by atoms with Crippen LogP contribution in [0.25, 0.3) is 0 Å². The molecule has 0 spiro atoms. The van der Waals surface area contributed by atoms with E-state index in [1.807, 2.05) is 23.1 Å². The minimum absolute atomic E-state index is 0.0791. The van der Waals surface area contributed by atoms with Gasteiger partial charge in [0.05, 0.1) is 0 Å². The number of amides is 2. The zero-order valence-corrected chi connectivity index (χ0v) is 14.6. The average Bonchev–Trinajstić information content (AvgIpc) is 3.04. The maximum absolute atomic E-state index is 12.4. The van der Waals surface area contributed by atoms with Crippen molar-refractivity contribution in [2.45, 2.75) is 17.7 Å². The Kier molecular flexibility index (Phi) is 5.30. The van der Waals surface area contributed by atoms with Gasteiger partial charge in [0.2, 0.25) is 0 Å². The molecule has 0 aliphatic carbocycles. The molecule has 2 aromatic carbocycles. The Morgan fingerprint density at radius 2 is 2.00 bits per heavy atom. The number of carbonyl (C=O) groups excluding carboxylic acids is 1. The lowest BCUT2D eigenvalue weighted by Gasteiger charge is -2.18. The standard InChI is InChI=1S/C19H22N2O2S/c1-24(23)18-9-5-8-17(13-18)20-19(22)21-11-10-16(14-21)12-15-6-3-2-4-7-15/h2-9,13,16H,10-12,14H2,1H3,(H,20,22). The van der Waals surface area contributed by atoms with E-state index in [2.05, 4.69) is 29.6 Å². The fourth-order valence-electron chi connectivity index (χ4n) is 3.09. The number of rotatable bonds is 4. The molecule has 0 aromatic heterocycles. The van der Waals surface area contributed by atoms with E-state index in [-0.39, 0.29) is 6.03 Å². The van der Waals surface area contributed by atoms with Crippen molar-refractivity contribution in [3.63, 3.8) is 0 Å². The predicted molar refractivity (Wildman–Crippen MR) is 97.6 cm³/mol. The third-order valence-electron chi connectivity index (χ3n) is 4.36. The lowest BCUT2D eigenvalue weighted by atomic mass is 9.99. The second-order valence-corrected chi connectivity index (χ2v) is 7.58. The van der Waals surface area contributed by atoms with Gasteiger partial charge in [-0.15, -0.1) is 0 Å². The number of nitrogens with one attached hydrogen (secondary N) is 1. The topological polar surface area (TPSA) is 49.4 Å². The van der Waals surface area contributed by atoms with E-state index < -0.39 is 10.8 Å². The molecule has 1 saturated heterocycles. The maximum atomic E-state index is 12.4. The van der Waals surface area contributed by atoms with Gasteiger partial charge in [0.15, 0.2) is 0 Å². The third-order valence-corrected chi connectivity index (χ3v) is 5.28. The summed E-state index contributed by atoms with van der Waals surface area (Å²) in [6, 6.07) is 17.5. The summed E-state index contributed by atoms with van der Waals surface area (Å²) < 4.78 is 11.5. The van der Waals surface area contributed by atoms with Crippen LogP contribution in [0.5, 0.6) is 0 Å². The largest absolute Gasteiger partial charge is 0.324 e. The molecule has 1 aliphatic heterocycles. The van der Waals surface area contributed by atoms with Crippen LogP contribution in [0.1, 0.15) is 12.0 Å². The molecular weight excluding hydrogens is 320 g/mol. The highest BCUT2D eigenvalue weighted by Gasteiger charge is 2.26. The Morgan fingerprint density at radius 3 is 2.75 bits per heavy atom. The molecule has 2 amide bonds.